The molecule has 0 radical (unpaired) electrons. The van der Waals surface area contributed by atoms with Crippen molar-refractivity contribution in [1.29, 1.82) is 0 Å². The SMILES string of the molecule is O=C1Nc2cccc(F)c2C1=CNc1ccc(N2CC=CCC2)cc1. The summed E-state index contributed by atoms with van der Waals surface area (Å²) >= 11 is 0. The van der Waals surface area contributed by atoms with Crippen LogP contribution in [0.3, 0.4) is 0 Å². The molecule has 2 aliphatic rings. The number of fused-ring (bicyclic) bond motifs is 1. The summed E-state index contributed by atoms with van der Waals surface area (Å²) in [4.78, 5) is 14.4. The third kappa shape index (κ3) is 3.01. The molecule has 0 saturated carbocycles. The minimum absolute atomic E-state index is 0.302. The molecule has 5 heteroatoms. The van der Waals surface area contributed by atoms with Gasteiger partial charge in [0.15, 0.2) is 0 Å². The Morgan fingerprint density at radius 3 is 2.72 bits per heavy atom. The summed E-state index contributed by atoms with van der Waals surface area (Å²) < 4.78 is 14.0. The molecule has 0 spiro atoms. The van der Waals surface area contributed by atoms with Crippen molar-refractivity contribution in [3.8, 4) is 0 Å². The number of halogens is 1. The highest BCUT2D eigenvalue weighted by Gasteiger charge is 2.27. The molecule has 0 bridgehead atoms. The van der Waals surface area contributed by atoms with Gasteiger partial charge in [-0.25, -0.2) is 4.39 Å². The fourth-order valence-corrected chi connectivity index (χ4v) is 3.14. The molecule has 0 fully saturated rings. The van der Waals surface area contributed by atoms with Crippen LogP contribution in [0.15, 0.2) is 60.8 Å². The van der Waals surface area contributed by atoms with Gasteiger partial charge in [-0.2, -0.15) is 0 Å². The molecule has 0 atom stereocenters. The lowest BCUT2D eigenvalue weighted by Gasteiger charge is -2.25. The first-order chi connectivity index (χ1) is 12.2. The Hall–Kier alpha value is -3.08. The van der Waals surface area contributed by atoms with Crippen molar-refractivity contribution in [2.75, 3.05) is 28.6 Å². The van der Waals surface area contributed by atoms with Crippen molar-refractivity contribution in [2.45, 2.75) is 6.42 Å². The Morgan fingerprint density at radius 1 is 1.12 bits per heavy atom. The summed E-state index contributed by atoms with van der Waals surface area (Å²) in [5.74, 6) is -0.707. The van der Waals surface area contributed by atoms with Gasteiger partial charge in [0, 0.05) is 36.2 Å². The average molecular weight is 335 g/mol. The van der Waals surface area contributed by atoms with Crippen molar-refractivity contribution in [3.05, 3.63) is 72.2 Å². The quantitative estimate of drug-likeness (QED) is 0.658. The zero-order chi connectivity index (χ0) is 17.2. The molecule has 0 aliphatic carbocycles. The average Bonchev–Trinajstić information content (AvgIpc) is 2.98. The highest BCUT2D eigenvalue weighted by atomic mass is 19.1. The zero-order valence-electron chi connectivity index (χ0n) is 13.6. The summed E-state index contributed by atoms with van der Waals surface area (Å²) in [6, 6.07) is 12.6. The molecule has 4 nitrogen and oxygen atoms in total. The second-order valence-electron chi connectivity index (χ2n) is 6.07. The number of carbonyl (C=O) groups excluding carboxylic acids is 1. The molecule has 2 aromatic rings. The topological polar surface area (TPSA) is 44.4 Å². The molecule has 2 heterocycles. The number of nitrogens with one attached hydrogen (secondary N) is 2. The molecule has 1 amide bonds. The van der Waals surface area contributed by atoms with E-state index in [-0.39, 0.29) is 5.91 Å². The van der Waals surface area contributed by atoms with Crippen molar-refractivity contribution in [3.63, 3.8) is 0 Å². The van der Waals surface area contributed by atoms with Crippen LogP contribution >= 0.6 is 0 Å². The Kier molecular flexibility index (Phi) is 3.98. The summed E-state index contributed by atoms with van der Waals surface area (Å²) in [6.45, 7) is 1.94. The van der Waals surface area contributed by atoms with Crippen molar-refractivity contribution in [1.82, 2.24) is 0 Å². The molecule has 25 heavy (non-hydrogen) atoms. The first kappa shape index (κ1) is 15.4. The van der Waals surface area contributed by atoms with Gasteiger partial charge in [0.2, 0.25) is 0 Å². The molecular formula is C20H18FN3O. The predicted molar refractivity (Wildman–Crippen MR) is 99.0 cm³/mol. The number of rotatable bonds is 3. The molecule has 4 rings (SSSR count). The van der Waals surface area contributed by atoms with Crippen molar-refractivity contribution < 1.29 is 9.18 Å². The number of anilines is 3. The van der Waals surface area contributed by atoms with Crippen molar-refractivity contribution >= 4 is 28.5 Å². The molecule has 0 saturated heterocycles. The maximum Gasteiger partial charge on any atom is 0.257 e. The number of carbonyl (C=O) groups is 1. The molecule has 2 aromatic carbocycles. The maximum absolute atomic E-state index is 14.0. The van der Waals surface area contributed by atoms with Gasteiger partial charge in [0.25, 0.3) is 5.91 Å². The second kappa shape index (κ2) is 6.43. The van der Waals surface area contributed by atoms with Gasteiger partial charge in [-0.1, -0.05) is 18.2 Å². The maximum atomic E-state index is 14.0. The largest absolute Gasteiger partial charge is 0.367 e. The molecular weight excluding hydrogens is 317 g/mol. The van der Waals surface area contributed by atoms with E-state index >= 15 is 0 Å². The molecule has 2 N–H and O–H groups in total. The predicted octanol–water partition coefficient (Wildman–Crippen LogP) is 4.00. The Balaban J connectivity index is 1.53. The Labute approximate surface area is 145 Å². The Bertz CT molecular complexity index is 871. The minimum atomic E-state index is -0.405. The van der Waals surface area contributed by atoms with E-state index in [2.05, 4.69) is 27.7 Å². The van der Waals surface area contributed by atoms with Crippen LogP contribution in [0.1, 0.15) is 12.0 Å². The van der Waals surface area contributed by atoms with E-state index in [4.69, 9.17) is 0 Å². The van der Waals surface area contributed by atoms with E-state index in [0.717, 1.165) is 30.9 Å². The summed E-state index contributed by atoms with van der Waals surface area (Å²) in [5.41, 5.74) is 3.14. The van der Waals surface area contributed by atoms with Gasteiger partial charge in [-0.15, -0.1) is 0 Å². The van der Waals surface area contributed by atoms with Crippen LogP contribution in [0.2, 0.25) is 0 Å². The summed E-state index contributed by atoms with van der Waals surface area (Å²) in [5, 5.41) is 5.77. The van der Waals surface area contributed by atoms with Crippen LogP contribution in [0.4, 0.5) is 21.5 Å². The fraction of sp³-hybridized carbons (Fsp3) is 0.150. The van der Waals surface area contributed by atoms with Gasteiger partial charge in [-0.05, 0) is 42.8 Å². The number of nitrogens with zero attached hydrogens (tertiary/aromatic N) is 1. The normalized spacial score (nSPS) is 17.6. The first-order valence-electron chi connectivity index (χ1n) is 8.29. The van der Waals surface area contributed by atoms with Crippen LogP contribution in [0, 0.1) is 5.82 Å². The Morgan fingerprint density at radius 2 is 1.96 bits per heavy atom. The summed E-state index contributed by atoms with van der Waals surface area (Å²) in [6.07, 6.45) is 6.99. The molecule has 0 aromatic heterocycles. The van der Waals surface area contributed by atoms with E-state index in [1.165, 1.54) is 6.07 Å². The van der Waals surface area contributed by atoms with Gasteiger partial charge < -0.3 is 15.5 Å². The lowest BCUT2D eigenvalue weighted by Crippen LogP contribution is -2.26. The first-order valence-corrected chi connectivity index (χ1v) is 8.29. The summed E-state index contributed by atoms with van der Waals surface area (Å²) in [7, 11) is 0. The van der Waals surface area contributed by atoms with E-state index in [1.807, 2.05) is 24.3 Å². The van der Waals surface area contributed by atoms with Gasteiger partial charge >= 0.3 is 0 Å². The minimum Gasteiger partial charge on any atom is -0.367 e. The molecule has 0 unspecified atom stereocenters. The molecule has 126 valence electrons. The highest BCUT2D eigenvalue weighted by Crippen LogP contribution is 2.33. The standard InChI is InChI=1S/C20H18FN3O/c21-17-5-4-6-18-19(17)16(20(25)23-18)13-22-14-7-9-15(10-8-14)24-11-2-1-3-12-24/h1-2,4-10,13,22H,3,11-12H2,(H,23,25). The van der Waals surface area contributed by atoms with Gasteiger partial charge in [-0.3, -0.25) is 4.79 Å². The van der Waals surface area contributed by atoms with Crippen LogP contribution in [0.25, 0.3) is 5.57 Å². The van der Waals surface area contributed by atoms with E-state index < -0.39 is 5.82 Å². The highest BCUT2D eigenvalue weighted by molar-refractivity contribution is 6.31. The lowest BCUT2D eigenvalue weighted by atomic mass is 10.1. The third-order valence-corrected chi connectivity index (χ3v) is 4.45. The zero-order valence-corrected chi connectivity index (χ0v) is 13.6. The third-order valence-electron chi connectivity index (χ3n) is 4.45. The van der Waals surface area contributed by atoms with Gasteiger partial charge in [0.1, 0.15) is 5.82 Å². The van der Waals surface area contributed by atoms with Crippen LogP contribution in [0.5, 0.6) is 0 Å². The van der Waals surface area contributed by atoms with Crippen LogP contribution < -0.4 is 15.5 Å². The van der Waals surface area contributed by atoms with Gasteiger partial charge in [0.05, 0.1) is 11.3 Å². The number of benzene rings is 2. The smallest absolute Gasteiger partial charge is 0.257 e. The second-order valence-corrected chi connectivity index (χ2v) is 6.07. The van der Waals surface area contributed by atoms with Crippen molar-refractivity contribution in [2.24, 2.45) is 0 Å². The number of hydrogen-bond donors (Lipinski definition) is 2. The number of amides is 1. The van der Waals surface area contributed by atoms with E-state index in [9.17, 15) is 9.18 Å². The van der Waals surface area contributed by atoms with E-state index in [0.29, 0.717) is 16.8 Å². The number of hydrogen-bond acceptors (Lipinski definition) is 3. The fourth-order valence-electron chi connectivity index (χ4n) is 3.14. The molecule has 2 aliphatic heterocycles. The monoisotopic (exact) mass is 335 g/mol. The van der Waals surface area contributed by atoms with E-state index in [1.54, 1.807) is 18.3 Å². The van der Waals surface area contributed by atoms with Crippen LogP contribution in [-0.2, 0) is 4.79 Å². The van der Waals surface area contributed by atoms with Crippen LogP contribution in [-0.4, -0.2) is 19.0 Å². The lowest BCUT2D eigenvalue weighted by molar-refractivity contribution is -0.110.